The van der Waals surface area contributed by atoms with E-state index in [-0.39, 0.29) is 6.61 Å². The second kappa shape index (κ2) is 5.96. The van der Waals surface area contributed by atoms with Crippen molar-refractivity contribution in [3.8, 4) is 5.75 Å². The Kier molecular flexibility index (Phi) is 4.05. The number of hydrogen-bond donors (Lipinski definition) is 1. The van der Waals surface area contributed by atoms with Crippen LogP contribution in [0.1, 0.15) is 11.4 Å². The minimum absolute atomic E-state index is 0.0474. The summed E-state index contributed by atoms with van der Waals surface area (Å²) in [6.45, 7) is 0.519. The molecular weight excluding hydrogens is 216 g/mol. The molecule has 0 spiro atoms. The van der Waals surface area contributed by atoms with Crippen LogP contribution < -0.4 is 4.74 Å². The molecule has 2 aromatic heterocycles. The number of pyridine rings is 2. The average Bonchev–Trinajstić information content (AvgIpc) is 2.41. The fraction of sp³-hybridized carbons (Fsp3) is 0.231. The molecule has 0 unspecified atom stereocenters. The zero-order chi connectivity index (χ0) is 11.9. The van der Waals surface area contributed by atoms with Gasteiger partial charge in [0.2, 0.25) is 0 Å². The summed E-state index contributed by atoms with van der Waals surface area (Å²) in [5, 5.41) is 8.84. The van der Waals surface area contributed by atoms with Crippen LogP contribution in [0.15, 0.2) is 42.7 Å². The maximum absolute atomic E-state index is 8.84. The van der Waals surface area contributed by atoms with Gasteiger partial charge in [-0.15, -0.1) is 0 Å². The Hall–Kier alpha value is -1.94. The lowest BCUT2D eigenvalue weighted by Crippen LogP contribution is -2.03. The van der Waals surface area contributed by atoms with Gasteiger partial charge in [0.05, 0.1) is 25.1 Å². The van der Waals surface area contributed by atoms with E-state index in [1.165, 1.54) is 0 Å². The summed E-state index contributed by atoms with van der Waals surface area (Å²) < 4.78 is 5.53. The van der Waals surface area contributed by atoms with Crippen molar-refractivity contribution in [2.24, 2.45) is 0 Å². The highest BCUT2D eigenvalue weighted by molar-refractivity contribution is 5.19. The molecule has 88 valence electrons. The van der Waals surface area contributed by atoms with Crippen LogP contribution in [0.5, 0.6) is 5.75 Å². The van der Waals surface area contributed by atoms with E-state index in [9.17, 15) is 0 Å². The van der Waals surface area contributed by atoms with E-state index in [2.05, 4.69) is 9.97 Å². The van der Waals surface area contributed by atoms with E-state index in [1.807, 2.05) is 18.2 Å². The molecule has 17 heavy (non-hydrogen) atoms. The van der Waals surface area contributed by atoms with Gasteiger partial charge in [-0.3, -0.25) is 9.97 Å². The van der Waals surface area contributed by atoms with Crippen LogP contribution in [0.4, 0.5) is 0 Å². The zero-order valence-corrected chi connectivity index (χ0v) is 9.41. The van der Waals surface area contributed by atoms with Gasteiger partial charge in [0.1, 0.15) is 5.75 Å². The first-order chi connectivity index (χ1) is 8.38. The maximum Gasteiger partial charge on any atom is 0.137 e. The van der Waals surface area contributed by atoms with Gasteiger partial charge in [0.15, 0.2) is 0 Å². The van der Waals surface area contributed by atoms with Crippen LogP contribution in [0.3, 0.4) is 0 Å². The molecule has 2 rings (SSSR count). The average molecular weight is 230 g/mol. The highest BCUT2D eigenvalue weighted by Crippen LogP contribution is 2.09. The molecule has 0 amide bonds. The topological polar surface area (TPSA) is 55.2 Å². The Bertz CT molecular complexity index is 443. The van der Waals surface area contributed by atoms with E-state index in [0.717, 1.165) is 12.1 Å². The van der Waals surface area contributed by atoms with Crippen molar-refractivity contribution in [1.82, 2.24) is 9.97 Å². The zero-order valence-electron chi connectivity index (χ0n) is 9.41. The van der Waals surface area contributed by atoms with Crippen molar-refractivity contribution < 1.29 is 9.84 Å². The second-order valence-electron chi connectivity index (χ2n) is 3.56. The SMILES string of the molecule is OCc1ccc(OCCc2ccccn2)cn1. The predicted octanol–water partition coefficient (Wildman–Crippen LogP) is 1.59. The third kappa shape index (κ3) is 3.53. The normalized spacial score (nSPS) is 10.2. The number of aliphatic hydroxyl groups excluding tert-OH is 1. The molecule has 4 nitrogen and oxygen atoms in total. The van der Waals surface area contributed by atoms with Crippen LogP contribution in [0.2, 0.25) is 0 Å². The van der Waals surface area contributed by atoms with Crippen molar-refractivity contribution in [2.45, 2.75) is 13.0 Å². The lowest BCUT2D eigenvalue weighted by Gasteiger charge is -2.05. The van der Waals surface area contributed by atoms with E-state index in [1.54, 1.807) is 24.5 Å². The first-order valence-corrected chi connectivity index (χ1v) is 5.47. The van der Waals surface area contributed by atoms with Crippen LogP contribution >= 0.6 is 0 Å². The molecule has 4 heteroatoms. The largest absolute Gasteiger partial charge is 0.492 e. The molecule has 0 bridgehead atoms. The highest BCUT2D eigenvalue weighted by atomic mass is 16.5. The molecule has 0 saturated heterocycles. The Morgan fingerprint density at radius 2 is 2.00 bits per heavy atom. The van der Waals surface area contributed by atoms with Crippen LogP contribution in [0, 0.1) is 0 Å². The molecule has 0 aromatic carbocycles. The predicted molar refractivity (Wildman–Crippen MR) is 63.6 cm³/mol. The van der Waals surface area contributed by atoms with Crippen LogP contribution in [-0.4, -0.2) is 21.7 Å². The molecular formula is C13H14N2O2. The minimum atomic E-state index is -0.0474. The van der Waals surface area contributed by atoms with Gasteiger partial charge in [-0.05, 0) is 24.3 Å². The van der Waals surface area contributed by atoms with E-state index < -0.39 is 0 Å². The van der Waals surface area contributed by atoms with Gasteiger partial charge in [0, 0.05) is 18.3 Å². The molecule has 0 fully saturated rings. The van der Waals surface area contributed by atoms with Gasteiger partial charge >= 0.3 is 0 Å². The number of aliphatic hydroxyl groups is 1. The number of ether oxygens (including phenoxy) is 1. The standard InChI is InChI=1S/C13H14N2O2/c16-10-12-4-5-13(9-15-12)17-8-6-11-3-1-2-7-14-11/h1-5,7,9,16H,6,8,10H2. The van der Waals surface area contributed by atoms with E-state index in [0.29, 0.717) is 18.1 Å². The van der Waals surface area contributed by atoms with Crippen molar-refractivity contribution in [3.05, 3.63) is 54.1 Å². The summed E-state index contributed by atoms with van der Waals surface area (Å²) in [6, 6.07) is 9.37. The smallest absolute Gasteiger partial charge is 0.137 e. The van der Waals surface area contributed by atoms with E-state index >= 15 is 0 Å². The van der Waals surface area contributed by atoms with Gasteiger partial charge < -0.3 is 9.84 Å². The molecule has 0 saturated carbocycles. The molecule has 2 heterocycles. The lowest BCUT2D eigenvalue weighted by molar-refractivity contribution is 0.275. The third-order valence-corrected chi connectivity index (χ3v) is 2.31. The number of nitrogens with zero attached hydrogens (tertiary/aromatic N) is 2. The maximum atomic E-state index is 8.84. The summed E-state index contributed by atoms with van der Waals surface area (Å²) in [7, 11) is 0. The molecule has 0 radical (unpaired) electrons. The minimum Gasteiger partial charge on any atom is -0.492 e. The van der Waals surface area contributed by atoms with Crippen molar-refractivity contribution in [1.29, 1.82) is 0 Å². The monoisotopic (exact) mass is 230 g/mol. The Labute approximate surface area is 99.9 Å². The number of rotatable bonds is 5. The fourth-order valence-corrected chi connectivity index (χ4v) is 1.41. The summed E-state index contributed by atoms with van der Waals surface area (Å²) in [6.07, 6.45) is 4.15. The van der Waals surface area contributed by atoms with Gasteiger partial charge in [0.25, 0.3) is 0 Å². The highest BCUT2D eigenvalue weighted by Gasteiger charge is 1.97. The van der Waals surface area contributed by atoms with E-state index in [4.69, 9.17) is 9.84 Å². The fourth-order valence-electron chi connectivity index (χ4n) is 1.41. The molecule has 1 N–H and O–H groups in total. The summed E-state index contributed by atoms with van der Waals surface area (Å²) in [5.41, 5.74) is 1.65. The number of hydrogen-bond acceptors (Lipinski definition) is 4. The summed E-state index contributed by atoms with van der Waals surface area (Å²) >= 11 is 0. The molecule has 0 aliphatic rings. The molecule has 2 aromatic rings. The number of aromatic nitrogens is 2. The second-order valence-corrected chi connectivity index (χ2v) is 3.56. The lowest BCUT2D eigenvalue weighted by atomic mass is 10.3. The van der Waals surface area contributed by atoms with Crippen molar-refractivity contribution >= 4 is 0 Å². The van der Waals surface area contributed by atoms with Gasteiger partial charge in [-0.25, -0.2) is 0 Å². The first kappa shape index (κ1) is 11.5. The first-order valence-electron chi connectivity index (χ1n) is 5.47. The Morgan fingerprint density at radius 3 is 2.65 bits per heavy atom. The quantitative estimate of drug-likeness (QED) is 0.847. The Balaban J connectivity index is 1.82. The Morgan fingerprint density at radius 1 is 1.06 bits per heavy atom. The third-order valence-electron chi connectivity index (χ3n) is 2.31. The van der Waals surface area contributed by atoms with Crippen molar-refractivity contribution in [2.75, 3.05) is 6.61 Å². The van der Waals surface area contributed by atoms with Crippen LogP contribution in [0.25, 0.3) is 0 Å². The molecule has 0 aliphatic heterocycles. The molecule has 0 aliphatic carbocycles. The van der Waals surface area contributed by atoms with Crippen LogP contribution in [-0.2, 0) is 13.0 Å². The summed E-state index contributed by atoms with van der Waals surface area (Å²) in [4.78, 5) is 8.24. The van der Waals surface area contributed by atoms with Gasteiger partial charge in [-0.1, -0.05) is 6.07 Å². The van der Waals surface area contributed by atoms with Gasteiger partial charge in [-0.2, -0.15) is 0 Å². The summed E-state index contributed by atoms with van der Waals surface area (Å²) in [5.74, 6) is 0.707. The molecule has 0 atom stereocenters. The van der Waals surface area contributed by atoms with Crippen molar-refractivity contribution in [3.63, 3.8) is 0 Å².